The highest BCUT2D eigenvalue weighted by molar-refractivity contribution is 14.1. The first kappa shape index (κ1) is 24.0. The molecule has 0 saturated carbocycles. The number of hydrogen-bond donors (Lipinski definition) is 0. The fraction of sp³-hybridized carbons (Fsp3) is 0.0870. The van der Waals surface area contributed by atoms with E-state index in [2.05, 4.69) is 28.7 Å². The normalized spacial score (nSPS) is 11.2. The molecule has 0 amide bonds. The first-order valence-corrected chi connectivity index (χ1v) is 11.4. The molecule has 3 nitrogen and oxygen atoms in total. The monoisotopic (exact) mass is 603 g/mol. The van der Waals surface area contributed by atoms with Gasteiger partial charge >= 0.3 is 0 Å². The van der Waals surface area contributed by atoms with Crippen LogP contribution in [0.2, 0.25) is 20.1 Å². The number of nitriles is 1. The van der Waals surface area contributed by atoms with Gasteiger partial charge in [-0.05, 0) is 70.6 Å². The van der Waals surface area contributed by atoms with Gasteiger partial charge in [-0.15, -0.1) is 0 Å². The molecule has 8 heteroatoms. The van der Waals surface area contributed by atoms with Gasteiger partial charge in [0.05, 0.1) is 27.3 Å². The molecule has 0 spiro atoms. The smallest absolute Gasteiger partial charge is 0.174 e. The van der Waals surface area contributed by atoms with E-state index < -0.39 is 0 Å². The van der Waals surface area contributed by atoms with Crippen molar-refractivity contribution in [2.45, 2.75) is 6.61 Å². The number of nitrogens with zero attached hydrogens (tertiary/aromatic N) is 1. The van der Waals surface area contributed by atoms with Gasteiger partial charge in [-0.3, -0.25) is 0 Å². The summed E-state index contributed by atoms with van der Waals surface area (Å²) in [6.45, 7) is 0.251. The van der Waals surface area contributed by atoms with Gasteiger partial charge in [-0.1, -0.05) is 58.5 Å². The standard InChI is InChI=1S/C23H14Cl4INO2/c1-30-22-8-13(6-15(11-29)18-5-4-17(25)10-20(18)27)7-21(28)23(22)31-12-14-2-3-16(24)9-19(14)26/h2-10H,12H2,1H3/b15-6+. The second-order valence-corrected chi connectivity index (χ2v) is 9.20. The Kier molecular flexibility index (Phi) is 8.37. The van der Waals surface area contributed by atoms with Crippen molar-refractivity contribution in [1.29, 1.82) is 5.26 Å². The molecule has 31 heavy (non-hydrogen) atoms. The Hall–Kier alpha value is -1.62. The van der Waals surface area contributed by atoms with Gasteiger partial charge in [0.15, 0.2) is 11.5 Å². The Morgan fingerprint density at radius 3 is 2.29 bits per heavy atom. The minimum absolute atomic E-state index is 0.251. The number of rotatable bonds is 6. The predicted molar refractivity (Wildman–Crippen MR) is 136 cm³/mol. The molecule has 0 bridgehead atoms. The van der Waals surface area contributed by atoms with E-state index in [9.17, 15) is 5.26 Å². The van der Waals surface area contributed by atoms with E-state index in [-0.39, 0.29) is 6.61 Å². The summed E-state index contributed by atoms with van der Waals surface area (Å²) in [5.74, 6) is 1.11. The number of ether oxygens (including phenoxy) is 2. The van der Waals surface area contributed by atoms with Crippen molar-refractivity contribution in [2.24, 2.45) is 0 Å². The van der Waals surface area contributed by atoms with Crippen molar-refractivity contribution < 1.29 is 9.47 Å². The Balaban J connectivity index is 1.92. The fourth-order valence-electron chi connectivity index (χ4n) is 2.80. The first-order chi connectivity index (χ1) is 14.8. The third kappa shape index (κ3) is 6.00. The summed E-state index contributed by atoms with van der Waals surface area (Å²) >= 11 is 26.6. The second-order valence-electron chi connectivity index (χ2n) is 6.35. The van der Waals surface area contributed by atoms with Gasteiger partial charge in [-0.2, -0.15) is 5.26 Å². The molecule has 0 aromatic heterocycles. The van der Waals surface area contributed by atoms with E-state index in [0.717, 1.165) is 14.7 Å². The zero-order valence-electron chi connectivity index (χ0n) is 16.1. The summed E-state index contributed by atoms with van der Waals surface area (Å²) in [4.78, 5) is 0. The Bertz CT molecular complexity index is 1200. The van der Waals surface area contributed by atoms with Gasteiger partial charge in [-0.25, -0.2) is 0 Å². The number of halogens is 5. The van der Waals surface area contributed by atoms with Crippen LogP contribution in [0.4, 0.5) is 0 Å². The second kappa shape index (κ2) is 10.8. The van der Waals surface area contributed by atoms with Crippen molar-refractivity contribution in [3.63, 3.8) is 0 Å². The van der Waals surface area contributed by atoms with Crippen LogP contribution in [0, 0.1) is 14.9 Å². The zero-order valence-corrected chi connectivity index (χ0v) is 21.2. The largest absolute Gasteiger partial charge is 0.493 e. The molecular formula is C23H14Cl4INO2. The topological polar surface area (TPSA) is 42.2 Å². The summed E-state index contributed by atoms with van der Waals surface area (Å²) < 4.78 is 12.3. The Labute approximate surface area is 214 Å². The third-order valence-corrected chi connectivity index (χ3v) is 6.23. The Morgan fingerprint density at radius 2 is 1.68 bits per heavy atom. The van der Waals surface area contributed by atoms with Crippen molar-refractivity contribution >= 4 is 80.6 Å². The Morgan fingerprint density at radius 1 is 1.00 bits per heavy atom. The van der Waals surface area contributed by atoms with Crippen molar-refractivity contribution in [1.82, 2.24) is 0 Å². The van der Waals surface area contributed by atoms with Crippen LogP contribution in [0.1, 0.15) is 16.7 Å². The highest BCUT2D eigenvalue weighted by atomic mass is 127. The quantitative estimate of drug-likeness (QED) is 0.161. The molecule has 0 aliphatic rings. The number of benzene rings is 3. The molecule has 0 atom stereocenters. The number of methoxy groups -OCH3 is 1. The van der Waals surface area contributed by atoms with Crippen LogP contribution in [0.5, 0.6) is 11.5 Å². The van der Waals surface area contributed by atoms with Crippen LogP contribution in [0.25, 0.3) is 11.6 Å². The van der Waals surface area contributed by atoms with Crippen molar-refractivity contribution in [2.75, 3.05) is 7.11 Å². The molecule has 0 fully saturated rings. The molecule has 158 valence electrons. The zero-order chi connectivity index (χ0) is 22.5. The van der Waals surface area contributed by atoms with Gasteiger partial charge in [0, 0.05) is 26.2 Å². The van der Waals surface area contributed by atoms with Crippen molar-refractivity contribution in [3.05, 3.63) is 88.9 Å². The SMILES string of the molecule is COc1cc(/C=C(\C#N)c2ccc(Cl)cc2Cl)cc(I)c1OCc1ccc(Cl)cc1Cl. The maximum absolute atomic E-state index is 9.65. The molecule has 3 aromatic rings. The summed E-state index contributed by atoms with van der Waals surface area (Å²) in [7, 11) is 1.56. The maximum atomic E-state index is 9.65. The molecule has 0 radical (unpaired) electrons. The molecule has 0 aliphatic heterocycles. The molecular weight excluding hydrogens is 591 g/mol. The highest BCUT2D eigenvalue weighted by Gasteiger charge is 2.14. The summed E-state index contributed by atoms with van der Waals surface area (Å²) in [6.07, 6.45) is 1.74. The lowest BCUT2D eigenvalue weighted by Gasteiger charge is -2.14. The average molecular weight is 605 g/mol. The van der Waals surface area contributed by atoms with E-state index in [1.807, 2.05) is 12.1 Å². The predicted octanol–water partition coefficient (Wildman–Crippen LogP) is 8.56. The van der Waals surface area contributed by atoms with Crippen LogP contribution in [-0.4, -0.2) is 7.11 Å². The van der Waals surface area contributed by atoms with E-state index in [1.54, 1.807) is 49.6 Å². The number of hydrogen-bond acceptors (Lipinski definition) is 3. The van der Waals surface area contributed by atoms with E-state index in [0.29, 0.717) is 42.7 Å². The van der Waals surface area contributed by atoms with Gasteiger partial charge in [0.25, 0.3) is 0 Å². The van der Waals surface area contributed by atoms with Crippen LogP contribution in [0.15, 0.2) is 48.5 Å². The summed E-state index contributed by atoms with van der Waals surface area (Å²) in [6, 6.07) is 16.1. The van der Waals surface area contributed by atoms with Crippen LogP contribution >= 0.6 is 69.0 Å². The lowest BCUT2D eigenvalue weighted by molar-refractivity contribution is 0.282. The minimum atomic E-state index is 0.251. The van der Waals surface area contributed by atoms with Crippen LogP contribution in [0.3, 0.4) is 0 Å². The molecule has 0 saturated heterocycles. The fourth-order valence-corrected chi connectivity index (χ4v) is 4.55. The van der Waals surface area contributed by atoms with E-state index in [1.165, 1.54) is 0 Å². The van der Waals surface area contributed by atoms with Crippen LogP contribution < -0.4 is 9.47 Å². The van der Waals surface area contributed by atoms with E-state index in [4.69, 9.17) is 55.9 Å². The van der Waals surface area contributed by atoms with Crippen LogP contribution in [-0.2, 0) is 6.61 Å². The molecule has 0 N–H and O–H groups in total. The molecule has 0 heterocycles. The summed E-state index contributed by atoms with van der Waals surface area (Å²) in [5, 5.41) is 11.6. The van der Waals surface area contributed by atoms with E-state index >= 15 is 0 Å². The van der Waals surface area contributed by atoms with Gasteiger partial charge in [0.1, 0.15) is 6.61 Å². The third-order valence-electron chi connectivity index (χ3n) is 4.29. The minimum Gasteiger partial charge on any atom is -0.493 e. The highest BCUT2D eigenvalue weighted by Crippen LogP contribution is 2.37. The molecule has 0 unspecified atom stereocenters. The lowest BCUT2D eigenvalue weighted by Crippen LogP contribution is -2.01. The average Bonchev–Trinajstić information content (AvgIpc) is 2.72. The number of allylic oxidation sites excluding steroid dienone is 1. The summed E-state index contributed by atoms with van der Waals surface area (Å²) in [5.41, 5.74) is 2.57. The molecule has 3 aromatic carbocycles. The van der Waals surface area contributed by atoms with Gasteiger partial charge in [0.2, 0.25) is 0 Å². The lowest BCUT2D eigenvalue weighted by atomic mass is 10.0. The maximum Gasteiger partial charge on any atom is 0.174 e. The molecule has 0 aliphatic carbocycles. The van der Waals surface area contributed by atoms with Crippen molar-refractivity contribution in [3.8, 4) is 17.6 Å². The first-order valence-electron chi connectivity index (χ1n) is 8.84. The molecule has 3 rings (SSSR count). The van der Waals surface area contributed by atoms with Gasteiger partial charge < -0.3 is 9.47 Å².